The van der Waals surface area contributed by atoms with E-state index in [1.54, 1.807) is 6.07 Å². The molecule has 1 aromatic carbocycles. The first-order valence-electron chi connectivity index (χ1n) is 3.26. The fourth-order valence-electron chi connectivity index (χ4n) is 0.849. The van der Waals surface area contributed by atoms with Gasteiger partial charge in [-0.05, 0) is 24.6 Å². The van der Waals surface area contributed by atoms with Crippen LogP contribution in [0.3, 0.4) is 0 Å². The quantitative estimate of drug-likeness (QED) is 0.696. The molecule has 1 rings (SSSR count). The largest absolute Gasteiger partial charge is 0.206 e. The summed E-state index contributed by atoms with van der Waals surface area (Å²) < 4.78 is 13.2. The molecule has 0 aliphatic rings. The third-order valence-electron chi connectivity index (χ3n) is 1.41. The van der Waals surface area contributed by atoms with Crippen LogP contribution < -0.4 is 0 Å². The Balaban J connectivity index is 3.18. The number of benzene rings is 1. The summed E-state index contributed by atoms with van der Waals surface area (Å²) in [6.45, 7) is 0. The van der Waals surface area contributed by atoms with Crippen molar-refractivity contribution in [3.63, 3.8) is 0 Å². The van der Waals surface area contributed by atoms with Gasteiger partial charge in [0.05, 0.1) is 9.92 Å². The second kappa shape index (κ2) is 4.40. The third kappa shape index (κ3) is 2.09. The standard InChI is InChI=1S/C8H8ClFS2/c1-11-5-3-6(9)8(12-2)7(10)4-5/h3-4H,1-2H3. The van der Waals surface area contributed by atoms with Gasteiger partial charge in [-0.3, -0.25) is 0 Å². The van der Waals surface area contributed by atoms with E-state index in [2.05, 4.69) is 0 Å². The SMILES string of the molecule is CSc1cc(F)c(SC)c(Cl)c1. The molecule has 0 spiro atoms. The smallest absolute Gasteiger partial charge is 0.139 e. The van der Waals surface area contributed by atoms with Gasteiger partial charge < -0.3 is 0 Å². The first kappa shape index (κ1) is 10.2. The van der Waals surface area contributed by atoms with Gasteiger partial charge in [0.15, 0.2) is 0 Å². The lowest BCUT2D eigenvalue weighted by molar-refractivity contribution is 0.598. The van der Waals surface area contributed by atoms with Crippen LogP contribution in [0.15, 0.2) is 21.9 Å². The Morgan fingerprint density at radius 3 is 2.33 bits per heavy atom. The molecule has 0 atom stereocenters. The summed E-state index contributed by atoms with van der Waals surface area (Å²) >= 11 is 8.65. The molecule has 1 aromatic rings. The summed E-state index contributed by atoms with van der Waals surface area (Å²) in [7, 11) is 0. The highest BCUT2D eigenvalue weighted by atomic mass is 35.5. The molecule has 0 aliphatic heterocycles. The predicted molar refractivity (Wildman–Crippen MR) is 55.0 cm³/mol. The maximum atomic E-state index is 13.2. The minimum absolute atomic E-state index is 0.237. The molecule has 0 amide bonds. The van der Waals surface area contributed by atoms with Crippen molar-refractivity contribution in [2.75, 3.05) is 12.5 Å². The van der Waals surface area contributed by atoms with Crippen LogP contribution in [0.2, 0.25) is 5.02 Å². The van der Waals surface area contributed by atoms with Gasteiger partial charge in [-0.2, -0.15) is 0 Å². The fourth-order valence-corrected chi connectivity index (χ4v) is 2.32. The zero-order chi connectivity index (χ0) is 9.14. The van der Waals surface area contributed by atoms with Crippen LogP contribution in [-0.4, -0.2) is 12.5 Å². The Hall–Kier alpha value is 0.140. The molecular weight excluding hydrogens is 215 g/mol. The molecule has 4 heteroatoms. The van der Waals surface area contributed by atoms with Crippen LogP contribution in [0.5, 0.6) is 0 Å². The summed E-state index contributed by atoms with van der Waals surface area (Å²) in [6.07, 6.45) is 3.70. The molecule has 0 aromatic heterocycles. The molecule has 0 radical (unpaired) electrons. The maximum Gasteiger partial charge on any atom is 0.139 e. The Labute approximate surface area is 84.9 Å². The average molecular weight is 223 g/mol. The molecule has 0 saturated carbocycles. The van der Waals surface area contributed by atoms with Crippen LogP contribution in [0.25, 0.3) is 0 Å². The van der Waals surface area contributed by atoms with E-state index in [1.807, 2.05) is 12.5 Å². The number of thioether (sulfide) groups is 2. The van der Waals surface area contributed by atoms with Gasteiger partial charge in [0.25, 0.3) is 0 Å². The molecule has 0 nitrogen and oxygen atoms in total. The number of rotatable bonds is 2. The second-order valence-electron chi connectivity index (χ2n) is 2.12. The van der Waals surface area contributed by atoms with E-state index in [4.69, 9.17) is 11.6 Å². The van der Waals surface area contributed by atoms with E-state index in [0.29, 0.717) is 9.92 Å². The first-order chi connectivity index (χ1) is 5.69. The Morgan fingerprint density at radius 2 is 1.92 bits per heavy atom. The van der Waals surface area contributed by atoms with E-state index in [1.165, 1.54) is 29.6 Å². The van der Waals surface area contributed by atoms with Crippen LogP contribution >= 0.6 is 35.1 Å². The van der Waals surface area contributed by atoms with Gasteiger partial charge in [0.1, 0.15) is 5.82 Å². The zero-order valence-corrected chi connectivity index (χ0v) is 9.12. The lowest BCUT2D eigenvalue weighted by atomic mass is 10.3. The molecular formula is C8H8ClFS2. The van der Waals surface area contributed by atoms with E-state index >= 15 is 0 Å². The Kier molecular flexibility index (Phi) is 3.75. The maximum absolute atomic E-state index is 13.2. The molecule has 0 unspecified atom stereocenters. The van der Waals surface area contributed by atoms with Crippen LogP contribution in [0, 0.1) is 5.82 Å². The van der Waals surface area contributed by atoms with E-state index in [-0.39, 0.29) is 5.82 Å². The lowest BCUT2D eigenvalue weighted by Gasteiger charge is -2.04. The monoisotopic (exact) mass is 222 g/mol. The number of halogens is 2. The van der Waals surface area contributed by atoms with Crippen molar-refractivity contribution >= 4 is 35.1 Å². The van der Waals surface area contributed by atoms with Crippen molar-refractivity contribution in [1.82, 2.24) is 0 Å². The Bertz CT molecular complexity index is 265. The topological polar surface area (TPSA) is 0 Å². The summed E-state index contributed by atoms with van der Waals surface area (Å²) in [5.41, 5.74) is 0. The third-order valence-corrected chi connectivity index (χ3v) is 3.35. The van der Waals surface area contributed by atoms with Crippen molar-refractivity contribution in [3.8, 4) is 0 Å². The normalized spacial score (nSPS) is 10.3. The highest BCUT2D eigenvalue weighted by molar-refractivity contribution is 7.99. The molecule has 0 fully saturated rings. The zero-order valence-electron chi connectivity index (χ0n) is 6.73. The van der Waals surface area contributed by atoms with E-state index in [9.17, 15) is 4.39 Å². The molecule has 0 N–H and O–H groups in total. The van der Waals surface area contributed by atoms with Gasteiger partial charge in [0, 0.05) is 4.90 Å². The van der Waals surface area contributed by atoms with Gasteiger partial charge in [-0.15, -0.1) is 23.5 Å². The van der Waals surface area contributed by atoms with Gasteiger partial charge in [-0.1, -0.05) is 11.6 Å². The summed E-state index contributed by atoms with van der Waals surface area (Å²) in [5.74, 6) is -0.237. The van der Waals surface area contributed by atoms with Crippen LogP contribution in [-0.2, 0) is 0 Å². The van der Waals surface area contributed by atoms with Crippen LogP contribution in [0.4, 0.5) is 4.39 Å². The summed E-state index contributed by atoms with van der Waals surface area (Å²) in [4.78, 5) is 1.38. The molecule has 0 aliphatic carbocycles. The summed E-state index contributed by atoms with van der Waals surface area (Å²) in [5, 5.41) is 0.492. The lowest BCUT2D eigenvalue weighted by Crippen LogP contribution is -1.83. The Morgan fingerprint density at radius 1 is 1.25 bits per heavy atom. The molecule has 0 bridgehead atoms. The minimum atomic E-state index is -0.237. The molecule has 0 heterocycles. The highest BCUT2D eigenvalue weighted by Gasteiger charge is 2.07. The molecule has 0 saturated heterocycles. The van der Waals surface area contributed by atoms with E-state index in [0.717, 1.165) is 4.90 Å². The average Bonchev–Trinajstić information content (AvgIpc) is 2.03. The van der Waals surface area contributed by atoms with Crippen LogP contribution in [0.1, 0.15) is 0 Å². The minimum Gasteiger partial charge on any atom is -0.206 e. The number of hydrogen-bond acceptors (Lipinski definition) is 2. The highest BCUT2D eigenvalue weighted by Crippen LogP contribution is 2.31. The molecule has 12 heavy (non-hydrogen) atoms. The molecule has 66 valence electrons. The van der Waals surface area contributed by atoms with Gasteiger partial charge >= 0.3 is 0 Å². The number of hydrogen-bond donors (Lipinski definition) is 0. The van der Waals surface area contributed by atoms with E-state index < -0.39 is 0 Å². The van der Waals surface area contributed by atoms with Gasteiger partial charge in [0.2, 0.25) is 0 Å². The van der Waals surface area contributed by atoms with Crippen molar-refractivity contribution in [2.45, 2.75) is 9.79 Å². The summed E-state index contributed by atoms with van der Waals surface area (Å²) in [6, 6.07) is 3.28. The van der Waals surface area contributed by atoms with Crippen molar-refractivity contribution < 1.29 is 4.39 Å². The predicted octanol–water partition coefficient (Wildman–Crippen LogP) is 3.92. The second-order valence-corrected chi connectivity index (χ2v) is 4.23. The van der Waals surface area contributed by atoms with Crippen molar-refractivity contribution in [2.24, 2.45) is 0 Å². The van der Waals surface area contributed by atoms with Crippen molar-refractivity contribution in [1.29, 1.82) is 0 Å². The fraction of sp³-hybridized carbons (Fsp3) is 0.250. The van der Waals surface area contributed by atoms with Gasteiger partial charge in [-0.25, -0.2) is 4.39 Å². The van der Waals surface area contributed by atoms with Crippen molar-refractivity contribution in [3.05, 3.63) is 23.0 Å². The first-order valence-corrected chi connectivity index (χ1v) is 6.08.